The van der Waals surface area contributed by atoms with Crippen LogP contribution < -0.4 is 0 Å². The van der Waals surface area contributed by atoms with Gasteiger partial charge in [-0.3, -0.25) is 0 Å². The maximum absolute atomic E-state index is 9.69. The Morgan fingerprint density at radius 2 is 2.25 bits per heavy atom. The Hall–Kier alpha value is -0.200. The van der Waals surface area contributed by atoms with Crippen LogP contribution in [0.15, 0.2) is 0 Å². The maximum atomic E-state index is 9.69. The van der Waals surface area contributed by atoms with E-state index in [0.29, 0.717) is 0 Å². The van der Waals surface area contributed by atoms with Gasteiger partial charge in [0.15, 0.2) is 6.29 Å². The number of methoxy groups -OCH3 is 2. The number of ether oxygens (including phenoxy) is 3. The van der Waals surface area contributed by atoms with Crippen LogP contribution in [0.5, 0.6) is 0 Å². The summed E-state index contributed by atoms with van der Waals surface area (Å²) in [6, 6.07) is 0. The molecule has 1 aliphatic rings. The van der Waals surface area contributed by atoms with E-state index in [1.165, 1.54) is 14.2 Å². The van der Waals surface area contributed by atoms with Crippen molar-refractivity contribution in [2.75, 3.05) is 20.8 Å². The van der Waals surface area contributed by atoms with Crippen LogP contribution in [0.1, 0.15) is 6.42 Å². The lowest BCUT2D eigenvalue weighted by Gasteiger charge is -2.26. The second kappa shape index (κ2) is 3.68. The van der Waals surface area contributed by atoms with Crippen molar-refractivity contribution >= 4 is 0 Å². The predicted octanol–water partition coefficient (Wildman–Crippen LogP) is -0.925. The Kier molecular flexibility index (Phi) is 3.03. The minimum absolute atomic E-state index is 0.0113. The lowest BCUT2D eigenvalue weighted by atomic mass is 10.1. The highest BCUT2D eigenvalue weighted by molar-refractivity contribution is 4.85. The molecule has 0 spiro atoms. The molecule has 1 heterocycles. The Morgan fingerprint density at radius 1 is 1.58 bits per heavy atom. The Balaban J connectivity index is 2.60. The number of aliphatic hydroxyl groups excluding tert-OH is 1. The number of hydrogen-bond acceptors (Lipinski definition) is 5. The molecule has 12 heavy (non-hydrogen) atoms. The van der Waals surface area contributed by atoms with E-state index in [0.717, 1.165) is 0 Å². The monoisotopic (exact) mass is 178 g/mol. The third kappa shape index (κ3) is 1.75. The first kappa shape index (κ1) is 9.88. The van der Waals surface area contributed by atoms with Crippen molar-refractivity contribution in [2.45, 2.75) is 24.6 Å². The van der Waals surface area contributed by atoms with Crippen molar-refractivity contribution in [2.24, 2.45) is 0 Å². The van der Waals surface area contributed by atoms with E-state index >= 15 is 0 Å². The lowest BCUT2D eigenvalue weighted by Crippen LogP contribution is -2.44. The zero-order valence-electron chi connectivity index (χ0n) is 7.19. The van der Waals surface area contributed by atoms with Crippen molar-refractivity contribution in [1.29, 1.82) is 0 Å². The molecular formula is C7H14O5. The molecular weight excluding hydrogens is 164 g/mol. The van der Waals surface area contributed by atoms with Gasteiger partial charge in [0.1, 0.15) is 12.7 Å². The third-order valence-corrected chi connectivity index (χ3v) is 1.89. The quantitative estimate of drug-likeness (QED) is 0.584. The fourth-order valence-corrected chi connectivity index (χ4v) is 1.34. The molecule has 0 aromatic carbocycles. The van der Waals surface area contributed by atoms with Gasteiger partial charge in [0.05, 0.1) is 0 Å². The molecule has 0 aromatic heterocycles. The first-order chi connectivity index (χ1) is 5.62. The van der Waals surface area contributed by atoms with Crippen molar-refractivity contribution in [3.63, 3.8) is 0 Å². The van der Waals surface area contributed by atoms with Gasteiger partial charge in [0, 0.05) is 20.6 Å². The molecule has 5 heteroatoms. The Morgan fingerprint density at radius 3 is 2.75 bits per heavy atom. The molecule has 1 aliphatic heterocycles. The zero-order chi connectivity index (χ0) is 9.19. The van der Waals surface area contributed by atoms with E-state index in [-0.39, 0.29) is 13.0 Å². The standard InChI is InChI=1S/C7H14O5/c1-10-4-7(9)5(11-2)3-6(8)12-7/h5-6,8-9H,3-4H2,1-2H3/t5-,6?,7-/m1/s1. The number of hydrogen-bond donors (Lipinski definition) is 2. The summed E-state index contributed by atoms with van der Waals surface area (Å²) >= 11 is 0. The van der Waals surface area contributed by atoms with Crippen molar-refractivity contribution in [1.82, 2.24) is 0 Å². The highest BCUT2D eigenvalue weighted by atomic mass is 16.7. The number of aliphatic hydroxyl groups is 2. The Labute approximate surface area is 70.9 Å². The minimum atomic E-state index is -1.51. The summed E-state index contributed by atoms with van der Waals surface area (Å²) < 4.78 is 14.5. The van der Waals surface area contributed by atoms with Crippen LogP contribution in [0.3, 0.4) is 0 Å². The normalized spacial score (nSPS) is 42.0. The molecule has 72 valence electrons. The Bertz CT molecular complexity index is 151. The highest BCUT2D eigenvalue weighted by Crippen LogP contribution is 2.29. The van der Waals surface area contributed by atoms with E-state index in [1.54, 1.807) is 0 Å². The molecule has 1 saturated heterocycles. The zero-order valence-corrected chi connectivity index (χ0v) is 7.19. The maximum Gasteiger partial charge on any atom is 0.219 e. The topological polar surface area (TPSA) is 68.2 Å². The average Bonchev–Trinajstić information content (AvgIpc) is 2.26. The van der Waals surface area contributed by atoms with Crippen molar-refractivity contribution < 1.29 is 24.4 Å². The summed E-state index contributed by atoms with van der Waals surface area (Å²) in [5, 5.41) is 18.8. The van der Waals surface area contributed by atoms with Gasteiger partial charge in [-0.25, -0.2) is 0 Å². The van der Waals surface area contributed by atoms with E-state index in [2.05, 4.69) is 0 Å². The first-order valence-electron chi connectivity index (χ1n) is 3.72. The summed E-state index contributed by atoms with van der Waals surface area (Å²) in [5.74, 6) is -1.51. The number of rotatable bonds is 3. The molecule has 0 saturated carbocycles. The largest absolute Gasteiger partial charge is 0.379 e. The van der Waals surface area contributed by atoms with Gasteiger partial charge in [-0.15, -0.1) is 0 Å². The fourth-order valence-electron chi connectivity index (χ4n) is 1.34. The second-order valence-corrected chi connectivity index (χ2v) is 2.81. The van der Waals surface area contributed by atoms with E-state index in [1.807, 2.05) is 0 Å². The van der Waals surface area contributed by atoms with Crippen LogP contribution in [-0.4, -0.2) is 49.2 Å². The van der Waals surface area contributed by atoms with Crippen LogP contribution >= 0.6 is 0 Å². The van der Waals surface area contributed by atoms with Gasteiger partial charge in [0.2, 0.25) is 5.79 Å². The first-order valence-corrected chi connectivity index (χ1v) is 3.72. The van der Waals surface area contributed by atoms with Gasteiger partial charge >= 0.3 is 0 Å². The molecule has 2 N–H and O–H groups in total. The molecule has 0 bridgehead atoms. The van der Waals surface area contributed by atoms with Crippen molar-refractivity contribution in [3.05, 3.63) is 0 Å². The SMILES string of the molecule is COC[C@@]1(O)OC(O)C[C@H]1OC. The molecule has 1 unspecified atom stereocenters. The average molecular weight is 178 g/mol. The van der Waals surface area contributed by atoms with Crippen LogP contribution in [0.2, 0.25) is 0 Å². The van der Waals surface area contributed by atoms with Crippen molar-refractivity contribution in [3.8, 4) is 0 Å². The van der Waals surface area contributed by atoms with Crippen LogP contribution in [0.25, 0.3) is 0 Å². The molecule has 5 nitrogen and oxygen atoms in total. The molecule has 0 amide bonds. The second-order valence-electron chi connectivity index (χ2n) is 2.81. The molecule has 0 aromatic rings. The van der Waals surface area contributed by atoms with E-state index in [9.17, 15) is 5.11 Å². The summed E-state index contributed by atoms with van der Waals surface area (Å²) in [4.78, 5) is 0. The van der Waals surface area contributed by atoms with Gasteiger partial charge in [-0.2, -0.15) is 0 Å². The lowest BCUT2D eigenvalue weighted by molar-refractivity contribution is -0.277. The van der Waals surface area contributed by atoms with Gasteiger partial charge in [-0.1, -0.05) is 0 Å². The summed E-state index contributed by atoms with van der Waals surface area (Å²) in [6.07, 6.45) is -1.25. The van der Waals surface area contributed by atoms with Crippen LogP contribution in [0.4, 0.5) is 0 Å². The van der Waals surface area contributed by atoms with Gasteiger partial charge in [0.25, 0.3) is 0 Å². The predicted molar refractivity (Wildman–Crippen MR) is 39.3 cm³/mol. The minimum Gasteiger partial charge on any atom is -0.379 e. The summed E-state index contributed by atoms with van der Waals surface area (Å²) in [6.45, 7) is -0.0113. The van der Waals surface area contributed by atoms with E-state index in [4.69, 9.17) is 19.3 Å². The van der Waals surface area contributed by atoms with E-state index < -0.39 is 18.2 Å². The summed E-state index contributed by atoms with van der Waals surface area (Å²) in [7, 11) is 2.89. The third-order valence-electron chi connectivity index (χ3n) is 1.89. The molecule has 0 radical (unpaired) electrons. The molecule has 1 fully saturated rings. The molecule has 0 aliphatic carbocycles. The van der Waals surface area contributed by atoms with Crippen LogP contribution in [0, 0.1) is 0 Å². The van der Waals surface area contributed by atoms with Gasteiger partial charge in [-0.05, 0) is 0 Å². The van der Waals surface area contributed by atoms with Gasteiger partial charge < -0.3 is 24.4 Å². The summed E-state index contributed by atoms with van der Waals surface area (Å²) in [5.41, 5.74) is 0. The smallest absolute Gasteiger partial charge is 0.219 e. The van der Waals surface area contributed by atoms with Crippen LogP contribution in [-0.2, 0) is 14.2 Å². The molecule has 3 atom stereocenters. The fraction of sp³-hybridized carbons (Fsp3) is 1.00. The highest BCUT2D eigenvalue weighted by Gasteiger charge is 2.47. The molecule has 1 rings (SSSR count).